The topological polar surface area (TPSA) is 119 Å². The Morgan fingerprint density at radius 3 is 2.78 bits per heavy atom. The Hall–Kier alpha value is -2.88. The number of anilines is 1. The zero-order valence-electron chi connectivity index (χ0n) is 9.47. The average Bonchev–Trinajstić information content (AvgIpc) is 2.39. The number of nitriles is 1. The van der Waals surface area contributed by atoms with Crippen LogP contribution in [0.3, 0.4) is 0 Å². The van der Waals surface area contributed by atoms with Crippen LogP contribution in [0.25, 0.3) is 0 Å². The van der Waals surface area contributed by atoms with Crippen molar-refractivity contribution in [2.24, 2.45) is 5.10 Å². The summed E-state index contributed by atoms with van der Waals surface area (Å²) in [5.74, 6) is -1.52. The van der Waals surface area contributed by atoms with Gasteiger partial charge in [0.2, 0.25) is 11.6 Å². The SMILES string of the molecule is COC(=N)/C(C#N)=N\Nc1ccccc1C(=O)O. The van der Waals surface area contributed by atoms with Crippen LogP contribution >= 0.6 is 0 Å². The van der Waals surface area contributed by atoms with Crippen molar-refractivity contribution in [2.75, 3.05) is 12.5 Å². The molecule has 7 heteroatoms. The van der Waals surface area contributed by atoms with Gasteiger partial charge in [-0.3, -0.25) is 10.8 Å². The van der Waals surface area contributed by atoms with Crippen molar-refractivity contribution in [1.29, 1.82) is 10.7 Å². The van der Waals surface area contributed by atoms with Crippen molar-refractivity contribution in [3.8, 4) is 6.07 Å². The van der Waals surface area contributed by atoms with E-state index >= 15 is 0 Å². The number of carboxylic acids is 1. The van der Waals surface area contributed by atoms with Gasteiger partial charge >= 0.3 is 5.97 Å². The Balaban J connectivity index is 2.99. The highest BCUT2D eigenvalue weighted by molar-refractivity contribution is 6.44. The van der Waals surface area contributed by atoms with Crippen LogP contribution in [0.2, 0.25) is 0 Å². The summed E-state index contributed by atoms with van der Waals surface area (Å²) in [7, 11) is 1.24. The molecule has 3 N–H and O–H groups in total. The molecule has 0 saturated carbocycles. The zero-order valence-corrected chi connectivity index (χ0v) is 9.47. The number of nitrogens with one attached hydrogen (secondary N) is 2. The molecule has 1 rings (SSSR count). The number of para-hydroxylation sites is 1. The van der Waals surface area contributed by atoms with E-state index in [2.05, 4.69) is 15.3 Å². The molecule has 18 heavy (non-hydrogen) atoms. The maximum Gasteiger partial charge on any atom is 0.337 e. The van der Waals surface area contributed by atoms with Gasteiger partial charge in [0.05, 0.1) is 18.4 Å². The van der Waals surface area contributed by atoms with Crippen LogP contribution in [-0.4, -0.2) is 29.8 Å². The van der Waals surface area contributed by atoms with Gasteiger partial charge in [-0.1, -0.05) is 12.1 Å². The number of rotatable bonds is 4. The number of methoxy groups -OCH3 is 1. The molecule has 0 atom stereocenters. The average molecular weight is 246 g/mol. The Morgan fingerprint density at radius 2 is 2.22 bits per heavy atom. The molecule has 0 saturated heterocycles. The number of hydrogen-bond donors (Lipinski definition) is 3. The number of nitrogens with zero attached hydrogens (tertiary/aromatic N) is 2. The summed E-state index contributed by atoms with van der Waals surface area (Å²) in [5, 5.41) is 28.5. The van der Waals surface area contributed by atoms with Gasteiger partial charge in [-0.2, -0.15) is 10.4 Å². The fourth-order valence-electron chi connectivity index (χ4n) is 1.11. The molecule has 0 fully saturated rings. The molecule has 0 unspecified atom stereocenters. The number of hydrogen-bond acceptors (Lipinski definition) is 6. The monoisotopic (exact) mass is 246 g/mol. The van der Waals surface area contributed by atoms with Gasteiger partial charge in [0.1, 0.15) is 6.07 Å². The van der Waals surface area contributed by atoms with E-state index in [0.29, 0.717) is 0 Å². The molecule has 7 nitrogen and oxygen atoms in total. The van der Waals surface area contributed by atoms with Gasteiger partial charge in [-0.05, 0) is 12.1 Å². The highest BCUT2D eigenvalue weighted by Crippen LogP contribution is 2.14. The number of ether oxygens (including phenoxy) is 1. The third-order valence-electron chi connectivity index (χ3n) is 1.97. The highest BCUT2D eigenvalue weighted by Gasteiger charge is 2.10. The van der Waals surface area contributed by atoms with Crippen LogP contribution < -0.4 is 5.43 Å². The van der Waals surface area contributed by atoms with E-state index < -0.39 is 11.9 Å². The summed E-state index contributed by atoms with van der Waals surface area (Å²) in [6.45, 7) is 0. The first-order chi connectivity index (χ1) is 8.60. The van der Waals surface area contributed by atoms with E-state index in [1.165, 1.54) is 19.2 Å². The van der Waals surface area contributed by atoms with Gasteiger partial charge in [-0.25, -0.2) is 4.79 Å². The third-order valence-corrected chi connectivity index (χ3v) is 1.97. The third kappa shape index (κ3) is 3.05. The van der Waals surface area contributed by atoms with Gasteiger partial charge in [0.15, 0.2) is 0 Å². The maximum absolute atomic E-state index is 10.9. The van der Waals surface area contributed by atoms with E-state index in [1.54, 1.807) is 18.2 Å². The maximum atomic E-state index is 10.9. The van der Waals surface area contributed by atoms with Gasteiger partial charge in [-0.15, -0.1) is 0 Å². The number of aromatic carboxylic acids is 1. The van der Waals surface area contributed by atoms with Crippen molar-refractivity contribution in [3.63, 3.8) is 0 Å². The van der Waals surface area contributed by atoms with E-state index in [4.69, 9.17) is 15.8 Å². The molecule has 0 radical (unpaired) electrons. The largest absolute Gasteiger partial charge is 0.479 e. The highest BCUT2D eigenvalue weighted by atomic mass is 16.5. The lowest BCUT2D eigenvalue weighted by molar-refractivity contribution is 0.0698. The molecule has 1 aromatic rings. The Labute approximate surface area is 103 Å². The summed E-state index contributed by atoms with van der Waals surface area (Å²) in [5.41, 5.74) is 2.38. The van der Waals surface area contributed by atoms with Crippen LogP contribution in [0, 0.1) is 16.7 Å². The first kappa shape index (κ1) is 13.2. The summed E-state index contributed by atoms with van der Waals surface area (Å²) in [6, 6.07) is 7.75. The Bertz CT molecular complexity index is 545. The lowest BCUT2D eigenvalue weighted by Gasteiger charge is -2.05. The molecule has 0 spiro atoms. The van der Waals surface area contributed by atoms with Crippen molar-refractivity contribution >= 4 is 23.3 Å². The van der Waals surface area contributed by atoms with E-state index in [1.807, 2.05) is 0 Å². The number of carbonyl (C=O) groups is 1. The molecule has 0 aromatic heterocycles. The molecule has 0 bridgehead atoms. The number of carboxylic acid groups (broad SMARTS) is 1. The molecule has 0 heterocycles. The number of hydrazone groups is 1. The smallest absolute Gasteiger partial charge is 0.337 e. The minimum Gasteiger partial charge on any atom is -0.479 e. The van der Waals surface area contributed by atoms with Crippen molar-refractivity contribution in [3.05, 3.63) is 29.8 Å². The first-order valence-electron chi connectivity index (χ1n) is 4.79. The fraction of sp³-hybridized carbons (Fsp3) is 0.0909. The zero-order chi connectivity index (χ0) is 13.5. The minimum atomic E-state index is -1.12. The van der Waals surface area contributed by atoms with Crippen LogP contribution in [0.4, 0.5) is 5.69 Å². The predicted octanol–water partition coefficient (Wildman–Crippen LogP) is 1.30. The van der Waals surface area contributed by atoms with E-state index in [0.717, 1.165) is 0 Å². The summed E-state index contributed by atoms with van der Waals surface area (Å²) in [4.78, 5) is 10.9. The minimum absolute atomic E-state index is 0.0162. The Morgan fingerprint density at radius 1 is 1.56 bits per heavy atom. The lowest BCUT2D eigenvalue weighted by atomic mass is 10.2. The summed E-state index contributed by atoms with van der Waals surface area (Å²) in [6.07, 6.45) is 0. The van der Waals surface area contributed by atoms with Crippen molar-refractivity contribution < 1.29 is 14.6 Å². The van der Waals surface area contributed by atoms with Crippen LogP contribution in [0.1, 0.15) is 10.4 Å². The van der Waals surface area contributed by atoms with Crippen LogP contribution in [-0.2, 0) is 4.74 Å². The first-order valence-corrected chi connectivity index (χ1v) is 4.79. The molecule has 92 valence electrons. The molecular weight excluding hydrogens is 236 g/mol. The lowest BCUT2D eigenvalue weighted by Crippen LogP contribution is -2.15. The summed E-state index contributed by atoms with van der Waals surface area (Å²) < 4.78 is 4.54. The van der Waals surface area contributed by atoms with Crippen molar-refractivity contribution in [1.82, 2.24) is 0 Å². The second kappa shape index (κ2) is 6.00. The van der Waals surface area contributed by atoms with Crippen LogP contribution in [0.5, 0.6) is 0 Å². The number of benzene rings is 1. The van der Waals surface area contributed by atoms with E-state index in [9.17, 15) is 4.79 Å². The standard InChI is InChI=1S/C11H10N4O3/c1-18-10(13)9(6-12)15-14-8-5-3-2-4-7(8)11(16)17/h2-5,13-14H,1H3,(H,16,17)/b13-10?,15-9-. The molecule has 1 aromatic carbocycles. The molecular formula is C11H10N4O3. The second-order valence-electron chi connectivity index (χ2n) is 3.07. The normalized spacial score (nSPS) is 10.3. The molecule has 0 amide bonds. The summed E-state index contributed by atoms with van der Waals surface area (Å²) >= 11 is 0. The molecule has 0 aliphatic carbocycles. The van der Waals surface area contributed by atoms with Crippen LogP contribution in [0.15, 0.2) is 29.4 Å². The van der Waals surface area contributed by atoms with E-state index in [-0.39, 0.29) is 17.0 Å². The second-order valence-corrected chi connectivity index (χ2v) is 3.07. The van der Waals surface area contributed by atoms with Crippen molar-refractivity contribution in [2.45, 2.75) is 0 Å². The predicted molar refractivity (Wildman–Crippen MR) is 64.8 cm³/mol. The van der Waals surface area contributed by atoms with Gasteiger partial charge < -0.3 is 9.84 Å². The Kier molecular flexibility index (Phi) is 4.40. The van der Waals surface area contributed by atoms with Gasteiger partial charge in [0.25, 0.3) is 0 Å². The molecule has 0 aliphatic heterocycles. The molecule has 0 aliphatic rings. The van der Waals surface area contributed by atoms with Gasteiger partial charge in [0, 0.05) is 0 Å². The fourth-order valence-corrected chi connectivity index (χ4v) is 1.11. The quantitative estimate of drug-likeness (QED) is 0.420.